The number of hydrogen-bond donors (Lipinski definition) is 1. The summed E-state index contributed by atoms with van der Waals surface area (Å²) in [6.07, 6.45) is 7.32. The van der Waals surface area contributed by atoms with Gasteiger partial charge in [0.15, 0.2) is 0 Å². The monoisotopic (exact) mass is 609 g/mol. The van der Waals surface area contributed by atoms with Crippen LogP contribution in [-0.4, -0.2) is 73.1 Å². The summed E-state index contributed by atoms with van der Waals surface area (Å²) in [6.45, 7) is 8.34. The lowest BCUT2D eigenvalue weighted by Gasteiger charge is -2.37. The van der Waals surface area contributed by atoms with Crippen LogP contribution in [0.5, 0.6) is 6.01 Å². The lowest BCUT2D eigenvalue weighted by Crippen LogP contribution is -2.43. The van der Waals surface area contributed by atoms with Crippen molar-refractivity contribution in [3.63, 3.8) is 0 Å². The van der Waals surface area contributed by atoms with E-state index < -0.39 is 0 Å². The van der Waals surface area contributed by atoms with E-state index in [-0.39, 0.29) is 0 Å². The Kier molecular flexibility index (Phi) is 8.66. The standard InChI is InChI=1S/C35H43N7OS/c1-25-7-3-8-26-9-4-12-32(33(25)26)42-19-15-30-31(22-42)38-35(43-23-28-10-5-16-40(28)2)39-34(30)41-17-13-27(14-18-41)37-24-36-21-29-11-6-20-44-29/h3-4,6-9,11-12,20,24,27-28H,5,10,13-19,21-23H2,1-2H3,(H,36,37)/t28-/m0/s1. The summed E-state index contributed by atoms with van der Waals surface area (Å²) in [4.78, 5) is 23.4. The molecule has 2 aromatic heterocycles. The number of anilines is 2. The van der Waals surface area contributed by atoms with Crippen molar-refractivity contribution in [1.82, 2.24) is 20.2 Å². The molecule has 8 nitrogen and oxygen atoms in total. The third-order valence-electron chi connectivity index (χ3n) is 9.55. The van der Waals surface area contributed by atoms with Crippen molar-refractivity contribution in [3.05, 3.63) is 75.6 Å². The number of ether oxygens (including phenoxy) is 1. The summed E-state index contributed by atoms with van der Waals surface area (Å²) >= 11 is 1.75. The molecule has 0 spiro atoms. The van der Waals surface area contributed by atoms with E-state index in [2.05, 4.69) is 92.9 Å². The fourth-order valence-corrected chi connectivity index (χ4v) is 7.64. The van der Waals surface area contributed by atoms with Gasteiger partial charge < -0.3 is 24.8 Å². The van der Waals surface area contributed by atoms with Crippen molar-refractivity contribution in [2.75, 3.05) is 49.6 Å². The van der Waals surface area contributed by atoms with E-state index in [1.54, 1.807) is 11.3 Å². The van der Waals surface area contributed by atoms with E-state index in [1.807, 2.05) is 6.34 Å². The number of rotatable bonds is 9. The van der Waals surface area contributed by atoms with E-state index >= 15 is 0 Å². The van der Waals surface area contributed by atoms with Gasteiger partial charge in [-0.25, -0.2) is 0 Å². The second-order valence-electron chi connectivity index (χ2n) is 12.4. The van der Waals surface area contributed by atoms with Gasteiger partial charge in [0.25, 0.3) is 0 Å². The Bertz CT molecular complexity index is 1590. The van der Waals surface area contributed by atoms with Gasteiger partial charge in [-0.05, 0) is 81.1 Å². The van der Waals surface area contributed by atoms with Crippen molar-refractivity contribution in [2.24, 2.45) is 4.99 Å². The highest BCUT2D eigenvalue weighted by Gasteiger charge is 2.29. The molecule has 1 N–H and O–H groups in total. The second kappa shape index (κ2) is 13.1. The number of piperidine rings is 1. The topological polar surface area (TPSA) is 69.1 Å². The van der Waals surface area contributed by atoms with Gasteiger partial charge >= 0.3 is 6.01 Å². The molecule has 4 aromatic rings. The van der Waals surface area contributed by atoms with Crippen LogP contribution in [0.1, 0.15) is 47.4 Å². The highest BCUT2D eigenvalue weighted by Crippen LogP contribution is 2.36. The average Bonchev–Trinajstić information content (AvgIpc) is 3.73. The van der Waals surface area contributed by atoms with Crippen LogP contribution in [0.3, 0.4) is 0 Å². The molecule has 1 atom stereocenters. The molecule has 9 heteroatoms. The summed E-state index contributed by atoms with van der Waals surface area (Å²) in [5.74, 6) is 1.07. The zero-order chi connectivity index (χ0) is 29.9. The van der Waals surface area contributed by atoms with Crippen LogP contribution in [0.4, 0.5) is 11.5 Å². The zero-order valence-corrected chi connectivity index (χ0v) is 26.7. The first kappa shape index (κ1) is 29.0. The number of benzene rings is 2. The van der Waals surface area contributed by atoms with Crippen molar-refractivity contribution < 1.29 is 4.74 Å². The minimum Gasteiger partial charge on any atom is -0.462 e. The molecule has 3 aliphatic heterocycles. The Morgan fingerprint density at radius 2 is 1.86 bits per heavy atom. The predicted octanol–water partition coefficient (Wildman–Crippen LogP) is 5.82. The maximum absolute atomic E-state index is 6.37. The number of aromatic nitrogens is 2. The molecule has 7 rings (SSSR count). The second-order valence-corrected chi connectivity index (χ2v) is 13.5. The number of aliphatic imine (C=N–C) groups is 1. The predicted molar refractivity (Wildman–Crippen MR) is 182 cm³/mol. The first-order valence-corrected chi connectivity index (χ1v) is 17.0. The van der Waals surface area contributed by atoms with E-state index in [4.69, 9.17) is 14.7 Å². The number of likely N-dealkylation sites (N-methyl/N-ethyl adjacent to an activating group) is 1. The third kappa shape index (κ3) is 6.26. The summed E-state index contributed by atoms with van der Waals surface area (Å²) < 4.78 is 6.37. The molecule has 0 radical (unpaired) electrons. The lowest BCUT2D eigenvalue weighted by molar-refractivity contribution is 0.187. The van der Waals surface area contributed by atoms with Gasteiger partial charge in [0.05, 0.1) is 25.1 Å². The van der Waals surface area contributed by atoms with E-state index in [9.17, 15) is 0 Å². The number of hydrogen-bond acceptors (Lipinski definition) is 8. The van der Waals surface area contributed by atoms with Gasteiger partial charge in [-0.2, -0.15) is 9.97 Å². The summed E-state index contributed by atoms with van der Waals surface area (Å²) in [5, 5.41) is 8.27. The number of aryl methyl sites for hydroxylation is 1. The van der Waals surface area contributed by atoms with E-state index in [0.29, 0.717) is 24.7 Å². The molecule has 0 bridgehead atoms. The SMILES string of the molecule is Cc1cccc2cccc(N3CCc4c(nc(OC[C@@H]5CCCN5C)nc4N4CCC(NC=NCc5cccs5)CC4)C3)c12. The molecule has 0 amide bonds. The molecule has 2 fully saturated rings. The van der Waals surface area contributed by atoms with Crippen LogP contribution in [0, 0.1) is 6.92 Å². The largest absolute Gasteiger partial charge is 0.462 e. The van der Waals surface area contributed by atoms with Crippen molar-refractivity contribution in [2.45, 2.75) is 64.2 Å². The smallest absolute Gasteiger partial charge is 0.318 e. The van der Waals surface area contributed by atoms with Crippen LogP contribution < -0.4 is 19.9 Å². The summed E-state index contributed by atoms with van der Waals surface area (Å²) in [7, 11) is 2.19. The minimum absolute atomic E-state index is 0.426. The Morgan fingerprint density at radius 1 is 1.00 bits per heavy atom. The number of fused-ring (bicyclic) bond motifs is 2. The van der Waals surface area contributed by atoms with Gasteiger partial charge in [0.1, 0.15) is 12.4 Å². The molecular weight excluding hydrogens is 567 g/mol. The van der Waals surface area contributed by atoms with Gasteiger partial charge in [-0.1, -0.05) is 36.4 Å². The summed E-state index contributed by atoms with van der Waals surface area (Å²) in [6, 6.07) is 18.8. The normalized spacial score (nSPS) is 19.6. The first-order chi connectivity index (χ1) is 21.6. The molecule has 230 valence electrons. The Hall–Kier alpha value is -3.69. The zero-order valence-electron chi connectivity index (χ0n) is 25.9. The van der Waals surface area contributed by atoms with Crippen LogP contribution in [0.25, 0.3) is 10.8 Å². The number of nitrogens with one attached hydrogen (secondary N) is 1. The number of likely N-dealkylation sites (tertiary alicyclic amines) is 1. The average molecular weight is 610 g/mol. The van der Waals surface area contributed by atoms with Gasteiger partial charge in [0, 0.05) is 53.2 Å². The fourth-order valence-electron chi connectivity index (χ4n) is 7.00. The number of thiophene rings is 1. The van der Waals surface area contributed by atoms with Gasteiger partial charge in [0.2, 0.25) is 0 Å². The highest BCUT2D eigenvalue weighted by molar-refractivity contribution is 7.09. The molecule has 5 heterocycles. The molecule has 0 aliphatic carbocycles. The maximum Gasteiger partial charge on any atom is 0.318 e. The minimum atomic E-state index is 0.426. The van der Waals surface area contributed by atoms with Crippen LogP contribution >= 0.6 is 11.3 Å². The maximum atomic E-state index is 6.37. The molecule has 2 aromatic carbocycles. The van der Waals surface area contributed by atoms with Gasteiger partial charge in [-0.3, -0.25) is 4.99 Å². The van der Waals surface area contributed by atoms with Crippen molar-refractivity contribution in [1.29, 1.82) is 0 Å². The molecule has 3 aliphatic rings. The Labute approximate surface area is 264 Å². The first-order valence-electron chi connectivity index (χ1n) is 16.1. The molecule has 0 saturated carbocycles. The highest BCUT2D eigenvalue weighted by atomic mass is 32.1. The quantitative estimate of drug-likeness (QED) is 0.189. The van der Waals surface area contributed by atoms with Crippen molar-refractivity contribution in [3.8, 4) is 6.01 Å². The summed E-state index contributed by atoms with van der Waals surface area (Å²) in [5.41, 5.74) is 4.98. The Balaban J connectivity index is 1.10. The van der Waals surface area contributed by atoms with Crippen molar-refractivity contribution >= 4 is 40.0 Å². The molecular formula is C35H43N7OS. The fraction of sp³-hybridized carbons (Fsp3) is 0.457. The van der Waals surface area contributed by atoms with Crippen LogP contribution in [0.15, 0.2) is 58.9 Å². The Morgan fingerprint density at radius 3 is 2.66 bits per heavy atom. The molecule has 2 saturated heterocycles. The van der Waals surface area contributed by atoms with Gasteiger partial charge in [-0.15, -0.1) is 11.3 Å². The van der Waals surface area contributed by atoms with E-state index in [1.165, 1.54) is 45.3 Å². The van der Waals surface area contributed by atoms with E-state index in [0.717, 1.165) is 70.0 Å². The lowest BCUT2D eigenvalue weighted by atomic mass is 9.99. The third-order valence-corrected chi connectivity index (χ3v) is 10.4. The van der Waals surface area contributed by atoms with Crippen LogP contribution in [-0.2, 0) is 19.5 Å². The molecule has 0 unspecified atom stereocenters. The number of nitrogens with zero attached hydrogens (tertiary/aromatic N) is 6. The molecule has 44 heavy (non-hydrogen) atoms. The van der Waals surface area contributed by atoms with Crippen LogP contribution in [0.2, 0.25) is 0 Å².